The molecule has 1 N–H and O–H groups in total. The highest BCUT2D eigenvalue weighted by atomic mass is 16.6. The molecule has 0 aliphatic rings. The van der Waals surface area contributed by atoms with E-state index in [1.807, 2.05) is 16.8 Å². The number of hydrogen-bond acceptors (Lipinski definition) is 5. The van der Waals surface area contributed by atoms with E-state index in [4.69, 9.17) is 5.26 Å². The smallest absolute Gasteiger partial charge is 0.309 e. The SMILES string of the molecule is N#Cc1cccc(NCCCCn2ccnc2)c1[N+](=O)[O-]. The zero-order chi connectivity index (χ0) is 15.1. The highest BCUT2D eigenvalue weighted by molar-refractivity contribution is 5.68. The molecule has 0 saturated carbocycles. The largest absolute Gasteiger partial charge is 0.379 e. The molecule has 7 heteroatoms. The van der Waals surface area contributed by atoms with Crippen molar-refractivity contribution in [2.24, 2.45) is 0 Å². The van der Waals surface area contributed by atoms with Crippen LogP contribution in [-0.2, 0) is 6.54 Å². The molecule has 1 aromatic carbocycles. The first-order valence-electron chi connectivity index (χ1n) is 6.59. The molecule has 0 spiro atoms. The van der Waals surface area contributed by atoms with Gasteiger partial charge in [-0.1, -0.05) is 6.07 Å². The van der Waals surface area contributed by atoms with E-state index in [2.05, 4.69) is 10.3 Å². The maximum Gasteiger partial charge on any atom is 0.309 e. The molecule has 2 rings (SSSR count). The first kappa shape index (κ1) is 14.5. The molecule has 0 unspecified atom stereocenters. The van der Waals surface area contributed by atoms with Crippen LogP contribution in [0.25, 0.3) is 0 Å². The van der Waals surface area contributed by atoms with Gasteiger partial charge in [0.2, 0.25) is 0 Å². The van der Waals surface area contributed by atoms with Crippen LogP contribution in [0.15, 0.2) is 36.9 Å². The van der Waals surface area contributed by atoms with E-state index in [1.54, 1.807) is 24.7 Å². The Kier molecular flexibility index (Phi) is 4.88. The number of aromatic nitrogens is 2. The summed E-state index contributed by atoms with van der Waals surface area (Å²) in [5.41, 5.74) is 0.305. The van der Waals surface area contributed by atoms with Gasteiger partial charge >= 0.3 is 5.69 Å². The number of rotatable bonds is 7. The van der Waals surface area contributed by atoms with Gasteiger partial charge in [-0.2, -0.15) is 5.26 Å². The average Bonchev–Trinajstić information content (AvgIpc) is 2.99. The van der Waals surface area contributed by atoms with Gasteiger partial charge < -0.3 is 9.88 Å². The molecule has 0 radical (unpaired) electrons. The fourth-order valence-corrected chi connectivity index (χ4v) is 2.03. The average molecular weight is 285 g/mol. The zero-order valence-corrected chi connectivity index (χ0v) is 11.4. The van der Waals surface area contributed by atoms with Gasteiger partial charge in [0, 0.05) is 25.5 Å². The molecule has 21 heavy (non-hydrogen) atoms. The van der Waals surface area contributed by atoms with Crippen molar-refractivity contribution >= 4 is 11.4 Å². The third-order valence-electron chi connectivity index (χ3n) is 3.06. The molecule has 2 aromatic rings. The quantitative estimate of drug-likeness (QED) is 0.479. The number of nitrogens with zero attached hydrogens (tertiary/aromatic N) is 4. The highest BCUT2D eigenvalue weighted by Gasteiger charge is 2.18. The Bertz CT molecular complexity index is 646. The Labute approximate surface area is 122 Å². The Hall–Kier alpha value is -2.88. The van der Waals surface area contributed by atoms with Gasteiger partial charge in [0.25, 0.3) is 0 Å². The van der Waals surface area contributed by atoms with Crippen molar-refractivity contribution in [3.8, 4) is 6.07 Å². The molecule has 0 atom stereocenters. The molecule has 1 aromatic heterocycles. The third kappa shape index (κ3) is 3.79. The molecule has 1 heterocycles. The van der Waals surface area contributed by atoms with Gasteiger partial charge in [0.05, 0.1) is 11.3 Å². The summed E-state index contributed by atoms with van der Waals surface area (Å²) in [6.45, 7) is 1.48. The van der Waals surface area contributed by atoms with E-state index < -0.39 is 4.92 Å². The normalized spacial score (nSPS) is 10.0. The first-order chi connectivity index (χ1) is 10.2. The second-order valence-corrected chi connectivity index (χ2v) is 4.51. The van der Waals surface area contributed by atoms with Gasteiger partial charge in [-0.25, -0.2) is 4.98 Å². The number of nitro groups is 1. The van der Waals surface area contributed by atoms with E-state index in [9.17, 15) is 10.1 Å². The minimum absolute atomic E-state index is 0.0726. The van der Waals surface area contributed by atoms with Crippen molar-refractivity contribution < 1.29 is 4.92 Å². The van der Waals surface area contributed by atoms with Crippen molar-refractivity contribution in [2.75, 3.05) is 11.9 Å². The molecule has 0 aliphatic heterocycles. The number of unbranched alkanes of at least 4 members (excludes halogenated alkanes) is 1. The third-order valence-corrected chi connectivity index (χ3v) is 3.06. The number of benzene rings is 1. The standard InChI is InChI=1S/C14H15N5O2/c15-10-12-4-3-5-13(14(12)19(20)21)17-6-1-2-8-18-9-7-16-11-18/h3-5,7,9,11,17H,1-2,6,8H2. The number of anilines is 1. The van der Waals surface area contributed by atoms with Crippen LogP contribution in [0.3, 0.4) is 0 Å². The molecule has 7 nitrogen and oxygen atoms in total. The molecular formula is C14H15N5O2. The van der Waals surface area contributed by atoms with E-state index in [0.29, 0.717) is 12.2 Å². The molecular weight excluding hydrogens is 270 g/mol. The summed E-state index contributed by atoms with van der Waals surface area (Å²) in [6.07, 6.45) is 7.19. The second kappa shape index (κ2) is 7.05. The van der Waals surface area contributed by atoms with Crippen LogP contribution in [-0.4, -0.2) is 21.0 Å². The first-order valence-corrected chi connectivity index (χ1v) is 6.59. The summed E-state index contributed by atoms with van der Waals surface area (Å²) in [7, 11) is 0. The van der Waals surface area contributed by atoms with Gasteiger partial charge in [-0.05, 0) is 25.0 Å². The van der Waals surface area contributed by atoms with Crippen molar-refractivity contribution in [2.45, 2.75) is 19.4 Å². The van der Waals surface area contributed by atoms with E-state index in [1.165, 1.54) is 6.07 Å². The van der Waals surface area contributed by atoms with Crippen LogP contribution >= 0.6 is 0 Å². The Morgan fingerprint density at radius 3 is 2.95 bits per heavy atom. The monoisotopic (exact) mass is 285 g/mol. The number of aryl methyl sites for hydroxylation is 1. The maximum absolute atomic E-state index is 11.0. The topological polar surface area (TPSA) is 96.8 Å². The summed E-state index contributed by atoms with van der Waals surface area (Å²) in [6, 6.07) is 6.55. The Morgan fingerprint density at radius 2 is 2.29 bits per heavy atom. The lowest BCUT2D eigenvalue weighted by atomic mass is 10.1. The lowest BCUT2D eigenvalue weighted by Crippen LogP contribution is -2.06. The van der Waals surface area contributed by atoms with Crippen molar-refractivity contribution in [3.05, 3.63) is 52.6 Å². The van der Waals surface area contributed by atoms with Gasteiger partial charge in [0.15, 0.2) is 0 Å². The molecule has 0 aliphatic carbocycles. The van der Waals surface area contributed by atoms with E-state index in [0.717, 1.165) is 19.4 Å². The summed E-state index contributed by atoms with van der Waals surface area (Å²) in [5, 5.41) is 23.0. The minimum Gasteiger partial charge on any atom is -0.379 e. The van der Waals surface area contributed by atoms with Gasteiger partial charge in [-0.15, -0.1) is 0 Å². The predicted octanol–water partition coefficient (Wildman–Crippen LogP) is 2.56. The lowest BCUT2D eigenvalue weighted by Gasteiger charge is -2.08. The molecule has 0 fully saturated rings. The van der Waals surface area contributed by atoms with Crippen molar-refractivity contribution in [1.82, 2.24) is 9.55 Å². The summed E-state index contributed by atoms with van der Waals surface area (Å²) in [4.78, 5) is 14.5. The van der Waals surface area contributed by atoms with E-state index >= 15 is 0 Å². The van der Waals surface area contributed by atoms with Crippen LogP contribution in [0.2, 0.25) is 0 Å². The number of para-hydroxylation sites is 1. The highest BCUT2D eigenvalue weighted by Crippen LogP contribution is 2.27. The number of imidazole rings is 1. The summed E-state index contributed by atoms with van der Waals surface area (Å²) >= 11 is 0. The number of nitrogens with one attached hydrogen (secondary N) is 1. The Morgan fingerprint density at radius 1 is 1.43 bits per heavy atom. The van der Waals surface area contributed by atoms with Crippen LogP contribution in [0.5, 0.6) is 0 Å². The molecule has 0 saturated heterocycles. The lowest BCUT2D eigenvalue weighted by molar-refractivity contribution is -0.384. The minimum atomic E-state index is -0.521. The number of nitro benzene ring substituents is 1. The zero-order valence-electron chi connectivity index (χ0n) is 11.4. The number of hydrogen-bond donors (Lipinski definition) is 1. The fraction of sp³-hybridized carbons (Fsp3) is 0.286. The second-order valence-electron chi connectivity index (χ2n) is 4.51. The van der Waals surface area contributed by atoms with Crippen LogP contribution in [0.4, 0.5) is 11.4 Å². The molecule has 0 amide bonds. The molecule has 108 valence electrons. The predicted molar refractivity (Wildman–Crippen MR) is 77.8 cm³/mol. The fourth-order valence-electron chi connectivity index (χ4n) is 2.03. The van der Waals surface area contributed by atoms with Crippen LogP contribution in [0, 0.1) is 21.4 Å². The maximum atomic E-state index is 11.0. The van der Waals surface area contributed by atoms with Crippen molar-refractivity contribution in [1.29, 1.82) is 5.26 Å². The molecule has 0 bridgehead atoms. The number of nitriles is 1. The van der Waals surface area contributed by atoms with Gasteiger partial charge in [0.1, 0.15) is 17.3 Å². The Balaban J connectivity index is 1.88. The summed E-state index contributed by atoms with van der Waals surface area (Å²) in [5.74, 6) is 0. The van der Waals surface area contributed by atoms with Crippen molar-refractivity contribution in [3.63, 3.8) is 0 Å². The van der Waals surface area contributed by atoms with E-state index in [-0.39, 0.29) is 11.3 Å². The van der Waals surface area contributed by atoms with Crippen LogP contribution in [0.1, 0.15) is 18.4 Å². The van der Waals surface area contributed by atoms with Gasteiger partial charge in [-0.3, -0.25) is 10.1 Å². The summed E-state index contributed by atoms with van der Waals surface area (Å²) < 4.78 is 1.98. The van der Waals surface area contributed by atoms with Crippen LogP contribution < -0.4 is 5.32 Å².